The van der Waals surface area contributed by atoms with Crippen LogP contribution in [0.1, 0.15) is 36.0 Å². The summed E-state index contributed by atoms with van der Waals surface area (Å²) < 4.78 is 0. The smallest absolute Gasteiger partial charge is 0.253 e. The predicted molar refractivity (Wildman–Crippen MR) is 81.5 cm³/mol. The molecule has 6 nitrogen and oxygen atoms in total. The van der Waals surface area contributed by atoms with Crippen molar-refractivity contribution in [3.63, 3.8) is 0 Å². The van der Waals surface area contributed by atoms with Crippen LogP contribution in [0.2, 0.25) is 0 Å². The molecule has 1 saturated heterocycles. The first-order chi connectivity index (χ1) is 10.6. The summed E-state index contributed by atoms with van der Waals surface area (Å²) >= 11 is 0. The van der Waals surface area contributed by atoms with Crippen LogP contribution in [0.15, 0.2) is 24.3 Å². The summed E-state index contributed by atoms with van der Waals surface area (Å²) in [6, 6.07) is 7.27. The predicted octanol–water partition coefficient (Wildman–Crippen LogP) is 0.822. The van der Waals surface area contributed by atoms with Crippen LogP contribution < -0.4 is 15.5 Å². The molecule has 1 aromatic rings. The maximum Gasteiger partial charge on any atom is 0.253 e. The van der Waals surface area contributed by atoms with Crippen LogP contribution in [0.3, 0.4) is 0 Å². The molecule has 22 heavy (non-hydrogen) atoms. The summed E-state index contributed by atoms with van der Waals surface area (Å²) in [5, 5.41) is 5.44. The number of nitrogens with one attached hydrogen (secondary N) is 2. The molecule has 2 aliphatic rings. The minimum atomic E-state index is -0.332. The maximum atomic E-state index is 12.3. The van der Waals surface area contributed by atoms with Crippen LogP contribution in [0, 0.1) is 0 Å². The molecule has 0 radical (unpaired) electrons. The molecule has 1 aromatic carbocycles. The molecule has 0 bridgehead atoms. The zero-order valence-electron chi connectivity index (χ0n) is 12.3. The van der Waals surface area contributed by atoms with E-state index in [-0.39, 0.29) is 30.3 Å². The van der Waals surface area contributed by atoms with Crippen molar-refractivity contribution in [1.82, 2.24) is 10.6 Å². The Morgan fingerprint density at radius 3 is 2.68 bits per heavy atom. The fraction of sp³-hybridized carbons (Fsp3) is 0.438. The fourth-order valence-electron chi connectivity index (χ4n) is 2.57. The Hall–Kier alpha value is -2.37. The van der Waals surface area contributed by atoms with Gasteiger partial charge in [0, 0.05) is 19.0 Å². The molecule has 2 N–H and O–H groups in total. The lowest BCUT2D eigenvalue weighted by molar-refractivity contribution is -0.120. The van der Waals surface area contributed by atoms with Crippen molar-refractivity contribution in [3.8, 4) is 0 Å². The van der Waals surface area contributed by atoms with Gasteiger partial charge in [-0.05, 0) is 31.4 Å². The summed E-state index contributed by atoms with van der Waals surface area (Å²) in [5.41, 5.74) is 1.04. The molecule has 3 rings (SSSR count). The Kier molecular flexibility index (Phi) is 4.09. The Balaban J connectivity index is 1.66. The summed E-state index contributed by atoms with van der Waals surface area (Å²) in [4.78, 5) is 37.4. The summed E-state index contributed by atoms with van der Waals surface area (Å²) in [7, 11) is 0. The van der Waals surface area contributed by atoms with Gasteiger partial charge in [0.25, 0.3) is 5.91 Å². The van der Waals surface area contributed by atoms with E-state index in [2.05, 4.69) is 10.6 Å². The number of carbonyl (C=O) groups is 3. The van der Waals surface area contributed by atoms with Crippen LogP contribution >= 0.6 is 0 Å². The van der Waals surface area contributed by atoms with Crippen molar-refractivity contribution < 1.29 is 14.4 Å². The van der Waals surface area contributed by atoms with E-state index in [4.69, 9.17) is 0 Å². The highest BCUT2D eigenvalue weighted by atomic mass is 16.2. The topological polar surface area (TPSA) is 78.5 Å². The Bertz CT molecular complexity index is 610. The van der Waals surface area contributed by atoms with E-state index in [9.17, 15) is 14.4 Å². The monoisotopic (exact) mass is 301 g/mol. The van der Waals surface area contributed by atoms with Gasteiger partial charge in [-0.25, -0.2) is 0 Å². The van der Waals surface area contributed by atoms with Crippen molar-refractivity contribution in [2.24, 2.45) is 0 Å². The third kappa shape index (κ3) is 3.27. The molecule has 116 valence electrons. The second-order valence-electron chi connectivity index (χ2n) is 5.69. The maximum absolute atomic E-state index is 12.3. The second-order valence-corrected chi connectivity index (χ2v) is 5.69. The van der Waals surface area contributed by atoms with Gasteiger partial charge in [0.05, 0.1) is 17.8 Å². The highest BCUT2D eigenvalue weighted by Crippen LogP contribution is 2.25. The number of hydrogen-bond acceptors (Lipinski definition) is 3. The molecular weight excluding hydrogens is 282 g/mol. The lowest BCUT2D eigenvalue weighted by Crippen LogP contribution is -2.38. The molecule has 0 aromatic heterocycles. The second kappa shape index (κ2) is 6.17. The van der Waals surface area contributed by atoms with Crippen LogP contribution in [-0.4, -0.2) is 36.9 Å². The summed E-state index contributed by atoms with van der Waals surface area (Å²) in [6.07, 6.45) is 3.34. The van der Waals surface area contributed by atoms with Crippen molar-refractivity contribution in [2.75, 3.05) is 18.0 Å². The molecule has 0 atom stereocenters. The molecule has 0 unspecified atom stereocenters. The SMILES string of the molecule is O=C(CNC(=O)c1ccccc1N1CCCC1=O)NC1CC1. The minimum absolute atomic E-state index is 0.0340. The molecule has 0 spiro atoms. The first-order valence-corrected chi connectivity index (χ1v) is 7.62. The summed E-state index contributed by atoms with van der Waals surface area (Å²) in [6.45, 7) is 0.586. The number of carbonyl (C=O) groups excluding carboxylic acids is 3. The van der Waals surface area contributed by atoms with E-state index in [1.54, 1.807) is 29.2 Å². The van der Waals surface area contributed by atoms with Gasteiger partial charge in [-0.1, -0.05) is 12.1 Å². The molecule has 1 aliphatic heterocycles. The number of rotatable bonds is 5. The van der Waals surface area contributed by atoms with Gasteiger partial charge < -0.3 is 15.5 Å². The average molecular weight is 301 g/mol. The van der Waals surface area contributed by atoms with E-state index in [0.29, 0.717) is 24.2 Å². The van der Waals surface area contributed by atoms with Gasteiger partial charge in [0.1, 0.15) is 0 Å². The Morgan fingerprint density at radius 1 is 1.23 bits per heavy atom. The molecule has 1 aliphatic carbocycles. The van der Waals surface area contributed by atoms with E-state index < -0.39 is 0 Å². The zero-order valence-corrected chi connectivity index (χ0v) is 12.3. The number of benzene rings is 1. The lowest BCUT2D eigenvalue weighted by Gasteiger charge is -2.19. The Labute approximate surface area is 128 Å². The van der Waals surface area contributed by atoms with Gasteiger partial charge in [-0.15, -0.1) is 0 Å². The quantitative estimate of drug-likeness (QED) is 0.845. The van der Waals surface area contributed by atoms with Crippen molar-refractivity contribution in [3.05, 3.63) is 29.8 Å². The van der Waals surface area contributed by atoms with Crippen LogP contribution in [0.25, 0.3) is 0 Å². The number of anilines is 1. The molecular formula is C16H19N3O3. The normalized spacial score (nSPS) is 17.5. The molecule has 6 heteroatoms. The summed E-state index contributed by atoms with van der Waals surface area (Å²) in [5.74, 6) is -0.474. The first kappa shape index (κ1) is 14.6. The number of para-hydroxylation sites is 1. The molecule has 1 heterocycles. The van der Waals surface area contributed by atoms with E-state index in [0.717, 1.165) is 19.3 Å². The van der Waals surface area contributed by atoms with Crippen LogP contribution in [-0.2, 0) is 9.59 Å². The van der Waals surface area contributed by atoms with Crippen molar-refractivity contribution in [2.45, 2.75) is 31.7 Å². The lowest BCUT2D eigenvalue weighted by atomic mass is 10.1. The highest BCUT2D eigenvalue weighted by Gasteiger charge is 2.26. The van der Waals surface area contributed by atoms with Gasteiger partial charge in [-0.3, -0.25) is 14.4 Å². The van der Waals surface area contributed by atoms with E-state index >= 15 is 0 Å². The van der Waals surface area contributed by atoms with E-state index in [1.165, 1.54) is 0 Å². The number of hydrogen-bond donors (Lipinski definition) is 2. The number of amides is 3. The van der Waals surface area contributed by atoms with Crippen molar-refractivity contribution >= 4 is 23.4 Å². The molecule has 2 fully saturated rings. The Morgan fingerprint density at radius 2 is 2.00 bits per heavy atom. The van der Waals surface area contributed by atoms with Gasteiger partial charge in [0.2, 0.25) is 11.8 Å². The standard InChI is InChI=1S/C16H19N3O3/c20-14(18-11-7-8-11)10-17-16(22)12-4-1-2-5-13(12)19-9-3-6-15(19)21/h1-2,4-5,11H,3,6-10H2,(H,17,22)(H,18,20). The number of nitrogens with zero attached hydrogens (tertiary/aromatic N) is 1. The first-order valence-electron chi connectivity index (χ1n) is 7.62. The highest BCUT2D eigenvalue weighted by molar-refractivity contribution is 6.06. The third-order valence-electron chi connectivity index (χ3n) is 3.86. The fourth-order valence-corrected chi connectivity index (χ4v) is 2.57. The minimum Gasteiger partial charge on any atom is -0.352 e. The molecule has 1 saturated carbocycles. The van der Waals surface area contributed by atoms with E-state index in [1.807, 2.05) is 0 Å². The van der Waals surface area contributed by atoms with Gasteiger partial charge in [0.15, 0.2) is 0 Å². The van der Waals surface area contributed by atoms with Crippen LogP contribution in [0.4, 0.5) is 5.69 Å². The largest absolute Gasteiger partial charge is 0.352 e. The van der Waals surface area contributed by atoms with Gasteiger partial charge >= 0.3 is 0 Å². The molecule has 3 amide bonds. The average Bonchev–Trinajstić information content (AvgIpc) is 3.23. The van der Waals surface area contributed by atoms with Gasteiger partial charge in [-0.2, -0.15) is 0 Å². The van der Waals surface area contributed by atoms with Crippen LogP contribution in [0.5, 0.6) is 0 Å². The third-order valence-corrected chi connectivity index (χ3v) is 3.86. The zero-order chi connectivity index (χ0) is 15.5. The van der Waals surface area contributed by atoms with Crippen molar-refractivity contribution in [1.29, 1.82) is 0 Å².